The molecule has 11 nitrogen and oxygen atoms in total. The van der Waals surface area contributed by atoms with E-state index < -0.39 is 9.73 Å². The van der Waals surface area contributed by atoms with Crippen molar-refractivity contribution in [2.75, 3.05) is 36.6 Å². The number of aromatic nitrogens is 6. The van der Waals surface area contributed by atoms with Crippen LogP contribution >= 0.6 is 0 Å². The van der Waals surface area contributed by atoms with Crippen molar-refractivity contribution in [2.24, 2.45) is 4.36 Å². The minimum atomic E-state index is -2.38. The number of hydrogen-bond acceptors (Lipinski definition) is 9. The van der Waals surface area contributed by atoms with Crippen LogP contribution < -0.4 is 9.64 Å². The van der Waals surface area contributed by atoms with Gasteiger partial charge in [0.15, 0.2) is 0 Å². The van der Waals surface area contributed by atoms with Crippen LogP contribution in [-0.4, -0.2) is 65.7 Å². The molecule has 0 unspecified atom stereocenters. The molecule has 5 aromatic heterocycles. The molecular formula is C26H23N9O2S. The Morgan fingerprint density at radius 3 is 2.58 bits per heavy atom. The van der Waals surface area contributed by atoms with Gasteiger partial charge in [0, 0.05) is 71.5 Å². The third-order valence-electron chi connectivity index (χ3n) is 6.51. The topological polar surface area (TPSA) is 137 Å². The highest BCUT2D eigenvalue weighted by Crippen LogP contribution is 2.32. The summed E-state index contributed by atoms with van der Waals surface area (Å²) in [6.07, 6.45) is 10.4. The number of nitrogens with one attached hydrogen (secondary N) is 1. The summed E-state index contributed by atoms with van der Waals surface area (Å²) in [6, 6.07) is 11.7. The number of fused-ring (bicyclic) bond motifs is 1. The predicted molar refractivity (Wildman–Crippen MR) is 144 cm³/mol. The van der Waals surface area contributed by atoms with Crippen LogP contribution in [0.5, 0.6) is 5.88 Å². The van der Waals surface area contributed by atoms with E-state index in [-0.39, 0.29) is 0 Å². The number of anilines is 1. The Bertz CT molecular complexity index is 1750. The molecule has 0 spiro atoms. The first kappa shape index (κ1) is 23.6. The van der Waals surface area contributed by atoms with Gasteiger partial charge >= 0.3 is 0 Å². The van der Waals surface area contributed by atoms with Crippen molar-refractivity contribution in [3.63, 3.8) is 0 Å². The van der Waals surface area contributed by atoms with Gasteiger partial charge in [0.25, 0.3) is 0 Å². The number of pyridine rings is 3. The average molecular weight is 526 g/mol. The normalized spacial score (nSPS) is 14.8. The molecular weight excluding hydrogens is 502 g/mol. The highest BCUT2D eigenvalue weighted by atomic mass is 32.2. The van der Waals surface area contributed by atoms with E-state index in [2.05, 4.69) is 35.6 Å². The van der Waals surface area contributed by atoms with E-state index in [1.807, 2.05) is 30.6 Å². The highest BCUT2D eigenvalue weighted by molar-refractivity contribution is 7.93. The number of nitrogens with zero attached hydrogens (tertiary/aromatic N) is 8. The summed E-state index contributed by atoms with van der Waals surface area (Å²) in [5.74, 6) is 2.18. The third kappa shape index (κ3) is 4.44. The number of hydrogen-bond donors (Lipinski definition) is 1. The summed E-state index contributed by atoms with van der Waals surface area (Å²) in [4.78, 5) is 11.0. The second-order valence-electron chi connectivity index (χ2n) is 8.82. The molecule has 6 rings (SSSR count). The van der Waals surface area contributed by atoms with E-state index >= 15 is 0 Å². The molecule has 0 atom stereocenters. The first-order valence-corrected chi connectivity index (χ1v) is 13.8. The number of aromatic amines is 1. The van der Waals surface area contributed by atoms with Gasteiger partial charge in [-0.2, -0.15) is 19.8 Å². The first-order chi connectivity index (χ1) is 18.5. The number of H-pyrrole nitrogens is 1. The smallest absolute Gasteiger partial charge is 0.213 e. The van der Waals surface area contributed by atoms with Gasteiger partial charge in [-0.05, 0) is 24.3 Å². The number of ether oxygens (including phenoxy) is 1. The molecule has 0 radical (unpaired) electrons. The van der Waals surface area contributed by atoms with E-state index in [9.17, 15) is 9.47 Å². The fraction of sp³-hybridized carbons (Fsp3) is 0.192. The van der Waals surface area contributed by atoms with Crippen molar-refractivity contribution in [2.45, 2.75) is 0 Å². The van der Waals surface area contributed by atoms with E-state index in [0.717, 1.165) is 33.6 Å². The maximum absolute atomic E-state index is 13.3. The standard InChI is InChI=1S/C26H23N9O2S/c1-37-25-5-3-22(16-29-25)33-38(36)8-6-34(7-9-38)24-4-2-18(12-28-24)23-10-19(21-13-30-31-14-21)17-35-26(23)20(11-27)15-32-35/h2-5,10,12-17H,6-9H2,1H3,(H,30,31). The predicted octanol–water partition coefficient (Wildman–Crippen LogP) is 3.68. The van der Waals surface area contributed by atoms with Crippen molar-refractivity contribution < 1.29 is 8.95 Å². The Kier molecular flexibility index (Phi) is 5.97. The van der Waals surface area contributed by atoms with Gasteiger partial charge in [-0.1, -0.05) is 0 Å². The summed E-state index contributed by atoms with van der Waals surface area (Å²) in [6.45, 7) is 1.17. The molecule has 6 heterocycles. The molecule has 0 saturated carbocycles. The molecule has 1 aliphatic heterocycles. The Morgan fingerprint density at radius 1 is 1.05 bits per heavy atom. The molecule has 1 saturated heterocycles. The minimum Gasteiger partial charge on any atom is -0.481 e. The van der Waals surface area contributed by atoms with Crippen LogP contribution in [0.15, 0.2) is 71.9 Å². The maximum atomic E-state index is 13.3. The summed E-state index contributed by atoms with van der Waals surface area (Å²) in [7, 11) is -0.828. The lowest BCUT2D eigenvalue weighted by atomic mass is 10.0. The number of methoxy groups -OCH3 is 1. The third-order valence-corrected chi connectivity index (χ3v) is 8.69. The molecule has 0 bridgehead atoms. The lowest BCUT2D eigenvalue weighted by Gasteiger charge is -2.29. The van der Waals surface area contributed by atoms with E-state index in [1.165, 1.54) is 0 Å². The number of rotatable bonds is 5. The SMILES string of the molecule is COc1ccc(N=S2(=O)CCN(c3ccc(-c4cc(-c5cn[nH]c5)cn5ncc(C#N)c45)cn3)CC2)cn1. The molecule has 5 aromatic rings. The molecule has 0 aliphatic carbocycles. The Labute approximate surface area is 218 Å². The Balaban J connectivity index is 1.25. The van der Waals surface area contributed by atoms with E-state index in [4.69, 9.17) is 9.72 Å². The fourth-order valence-electron chi connectivity index (χ4n) is 4.50. The van der Waals surface area contributed by atoms with Gasteiger partial charge in [0.2, 0.25) is 5.88 Å². The first-order valence-electron chi connectivity index (χ1n) is 11.9. The minimum absolute atomic E-state index is 0.442. The quantitative estimate of drug-likeness (QED) is 0.367. The molecule has 0 amide bonds. The second-order valence-corrected chi connectivity index (χ2v) is 11.4. The summed E-state index contributed by atoms with van der Waals surface area (Å²) in [5, 5.41) is 20.9. The Hall–Kier alpha value is -4.76. The molecule has 0 aromatic carbocycles. The summed E-state index contributed by atoms with van der Waals surface area (Å²) >= 11 is 0. The van der Waals surface area contributed by atoms with Crippen LogP contribution in [0.25, 0.3) is 27.8 Å². The van der Waals surface area contributed by atoms with Gasteiger partial charge in [-0.3, -0.25) is 5.10 Å². The van der Waals surface area contributed by atoms with Gasteiger partial charge in [-0.25, -0.2) is 18.7 Å². The lowest BCUT2D eigenvalue weighted by molar-refractivity contribution is 0.398. The van der Waals surface area contributed by atoms with Crippen LogP contribution in [-0.2, 0) is 9.73 Å². The Morgan fingerprint density at radius 2 is 1.92 bits per heavy atom. The highest BCUT2D eigenvalue weighted by Gasteiger charge is 2.22. The summed E-state index contributed by atoms with van der Waals surface area (Å²) in [5.41, 5.74) is 5.35. The average Bonchev–Trinajstić information content (AvgIpc) is 3.64. The lowest BCUT2D eigenvalue weighted by Crippen LogP contribution is -2.40. The second kappa shape index (κ2) is 9.60. The van der Waals surface area contributed by atoms with Crippen molar-refractivity contribution in [3.05, 3.63) is 73.1 Å². The zero-order valence-corrected chi connectivity index (χ0v) is 21.3. The molecule has 38 heavy (non-hydrogen) atoms. The maximum Gasteiger partial charge on any atom is 0.213 e. The van der Waals surface area contributed by atoms with Crippen molar-refractivity contribution in [1.29, 1.82) is 5.26 Å². The monoisotopic (exact) mass is 525 g/mol. The van der Waals surface area contributed by atoms with Crippen LogP contribution in [0.2, 0.25) is 0 Å². The van der Waals surface area contributed by atoms with E-state index in [1.54, 1.807) is 48.5 Å². The fourth-order valence-corrected chi connectivity index (χ4v) is 6.39. The molecule has 1 N–H and O–H groups in total. The molecule has 1 fully saturated rings. The van der Waals surface area contributed by atoms with Gasteiger partial charge < -0.3 is 9.64 Å². The van der Waals surface area contributed by atoms with E-state index in [0.29, 0.717) is 41.7 Å². The van der Waals surface area contributed by atoms with Crippen LogP contribution in [0.4, 0.5) is 11.5 Å². The summed E-state index contributed by atoms with van der Waals surface area (Å²) < 4.78 is 24.6. The molecule has 1 aliphatic rings. The van der Waals surface area contributed by atoms with Crippen molar-refractivity contribution >= 4 is 26.8 Å². The van der Waals surface area contributed by atoms with Gasteiger partial charge in [0.05, 0.1) is 52.2 Å². The number of nitriles is 1. The van der Waals surface area contributed by atoms with Crippen LogP contribution in [0, 0.1) is 11.3 Å². The van der Waals surface area contributed by atoms with Crippen LogP contribution in [0.3, 0.4) is 0 Å². The zero-order valence-electron chi connectivity index (χ0n) is 20.5. The van der Waals surface area contributed by atoms with Gasteiger partial charge in [-0.15, -0.1) is 0 Å². The zero-order chi connectivity index (χ0) is 26.1. The van der Waals surface area contributed by atoms with Gasteiger partial charge in [0.1, 0.15) is 11.9 Å². The van der Waals surface area contributed by atoms with Crippen molar-refractivity contribution in [1.82, 2.24) is 29.8 Å². The largest absolute Gasteiger partial charge is 0.481 e. The van der Waals surface area contributed by atoms with Crippen LogP contribution in [0.1, 0.15) is 5.56 Å². The molecule has 12 heteroatoms. The molecule has 190 valence electrons. The van der Waals surface area contributed by atoms with Crippen molar-refractivity contribution in [3.8, 4) is 34.2 Å².